The van der Waals surface area contributed by atoms with Crippen LogP contribution in [0.15, 0.2) is 58.5 Å². The molecule has 0 aliphatic rings. The zero-order valence-electron chi connectivity index (χ0n) is 11.2. The van der Waals surface area contributed by atoms with Crippen molar-refractivity contribution in [2.24, 2.45) is 0 Å². The predicted molar refractivity (Wildman–Crippen MR) is 81.5 cm³/mol. The predicted octanol–water partition coefficient (Wildman–Crippen LogP) is 4.25. The molecule has 0 saturated heterocycles. The Morgan fingerprint density at radius 3 is 2.80 bits per heavy atom. The van der Waals surface area contributed by atoms with Crippen molar-refractivity contribution >= 4 is 11.3 Å². The molecule has 1 aromatic carbocycles. The Morgan fingerprint density at radius 2 is 2.05 bits per heavy atom. The van der Waals surface area contributed by atoms with Crippen LogP contribution in [0.25, 0.3) is 11.3 Å². The fraction of sp³-hybridized carbons (Fsp3) is 0.188. The average molecular weight is 284 g/mol. The van der Waals surface area contributed by atoms with Crippen molar-refractivity contribution < 1.29 is 4.42 Å². The van der Waals surface area contributed by atoms with Gasteiger partial charge in [0.2, 0.25) is 0 Å². The molecular formula is C16H16N2OS. The van der Waals surface area contributed by atoms with Gasteiger partial charge in [0.15, 0.2) is 0 Å². The highest BCUT2D eigenvalue weighted by Crippen LogP contribution is 2.25. The fourth-order valence-electron chi connectivity index (χ4n) is 1.98. The van der Waals surface area contributed by atoms with Crippen molar-refractivity contribution in [2.75, 3.05) is 0 Å². The van der Waals surface area contributed by atoms with Crippen LogP contribution in [0.4, 0.5) is 0 Å². The van der Waals surface area contributed by atoms with Crippen LogP contribution in [0.3, 0.4) is 0 Å². The summed E-state index contributed by atoms with van der Waals surface area (Å²) < 4.78 is 5.31. The van der Waals surface area contributed by atoms with Gasteiger partial charge in [-0.2, -0.15) is 0 Å². The van der Waals surface area contributed by atoms with E-state index in [1.54, 1.807) is 17.6 Å². The first-order valence-corrected chi connectivity index (χ1v) is 7.47. The third-order valence-corrected chi connectivity index (χ3v) is 4.15. The molecule has 2 heterocycles. The first-order valence-electron chi connectivity index (χ1n) is 6.59. The molecule has 0 fully saturated rings. The van der Waals surface area contributed by atoms with Gasteiger partial charge in [-0.05, 0) is 19.1 Å². The number of thiazole rings is 1. The lowest BCUT2D eigenvalue weighted by molar-refractivity contribution is 0.460. The first kappa shape index (κ1) is 13.1. The number of furan rings is 1. The molecule has 0 aliphatic carbocycles. The monoisotopic (exact) mass is 284 g/mol. The summed E-state index contributed by atoms with van der Waals surface area (Å²) in [6, 6.07) is 14.3. The second-order valence-corrected chi connectivity index (χ2v) is 5.51. The maximum Gasteiger partial charge on any atom is 0.117 e. The molecule has 102 valence electrons. The molecule has 3 rings (SSSR count). The van der Waals surface area contributed by atoms with E-state index in [0.29, 0.717) is 6.54 Å². The van der Waals surface area contributed by atoms with Gasteiger partial charge in [0.05, 0.1) is 24.5 Å². The second-order valence-electron chi connectivity index (χ2n) is 4.62. The zero-order valence-corrected chi connectivity index (χ0v) is 12.1. The summed E-state index contributed by atoms with van der Waals surface area (Å²) in [4.78, 5) is 4.71. The standard InChI is InChI=1S/C16H16N2OS/c1-12(17-10-14-8-5-9-19-14)16-18-15(11-20-16)13-6-3-2-4-7-13/h2-9,11-12,17H,10H2,1H3. The van der Waals surface area contributed by atoms with E-state index in [9.17, 15) is 0 Å². The van der Waals surface area contributed by atoms with Crippen LogP contribution < -0.4 is 5.32 Å². The molecule has 0 spiro atoms. The van der Waals surface area contributed by atoms with E-state index in [4.69, 9.17) is 9.40 Å². The number of hydrogen-bond donors (Lipinski definition) is 1. The number of nitrogens with one attached hydrogen (secondary N) is 1. The van der Waals surface area contributed by atoms with E-state index in [1.807, 2.05) is 30.3 Å². The first-order chi connectivity index (χ1) is 9.83. The Kier molecular flexibility index (Phi) is 3.95. The third kappa shape index (κ3) is 2.98. The SMILES string of the molecule is CC(NCc1ccco1)c1nc(-c2ccccc2)cs1. The van der Waals surface area contributed by atoms with Crippen LogP contribution in [0.1, 0.15) is 23.7 Å². The van der Waals surface area contributed by atoms with E-state index in [1.165, 1.54) is 0 Å². The largest absolute Gasteiger partial charge is 0.468 e. The maximum atomic E-state index is 5.31. The number of nitrogens with zero attached hydrogens (tertiary/aromatic N) is 1. The van der Waals surface area contributed by atoms with E-state index in [2.05, 4.69) is 29.8 Å². The van der Waals surface area contributed by atoms with Crippen LogP contribution in [0, 0.1) is 0 Å². The lowest BCUT2D eigenvalue weighted by Crippen LogP contribution is -2.17. The molecule has 1 N–H and O–H groups in total. The average Bonchev–Trinajstić information content (AvgIpc) is 3.17. The number of rotatable bonds is 5. The Labute approximate surface area is 122 Å². The molecule has 0 aliphatic heterocycles. The van der Waals surface area contributed by atoms with Crippen LogP contribution in [0.2, 0.25) is 0 Å². The molecule has 1 atom stereocenters. The van der Waals surface area contributed by atoms with Gasteiger partial charge < -0.3 is 9.73 Å². The van der Waals surface area contributed by atoms with Crippen LogP contribution in [-0.4, -0.2) is 4.98 Å². The van der Waals surface area contributed by atoms with E-state index < -0.39 is 0 Å². The minimum absolute atomic E-state index is 0.211. The van der Waals surface area contributed by atoms with Crippen molar-refractivity contribution in [1.29, 1.82) is 0 Å². The molecule has 0 radical (unpaired) electrons. The molecule has 3 nitrogen and oxygen atoms in total. The van der Waals surface area contributed by atoms with E-state index in [-0.39, 0.29) is 6.04 Å². The van der Waals surface area contributed by atoms with Crippen molar-refractivity contribution in [3.8, 4) is 11.3 Å². The van der Waals surface area contributed by atoms with Gasteiger partial charge in [-0.25, -0.2) is 4.98 Å². The molecule has 2 aromatic heterocycles. The summed E-state index contributed by atoms with van der Waals surface area (Å²) in [5.41, 5.74) is 2.20. The second kappa shape index (κ2) is 6.03. The van der Waals surface area contributed by atoms with E-state index in [0.717, 1.165) is 22.0 Å². The maximum absolute atomic E-state index is 5.31. The molecule has 20 heavy (non-hydrogen) atoms. The summed E-state index contributed by atoms with van der Waals surface area (Å²) in [5.74, 6) is 0.941. The highest BCUT2D eigenvalue weighted by Gasteiger charge is 2.11. The van der Waals surface area contributed by atoms with Gasteiger partial charge >= 0.3 is 0 Å². The van der Waals surface area contributed by atoms with Crippen molar-refractivity contribution in [2.45, 2.75) is 19.5 Å². The van der Waals surface area contributed by atoms with Crippen molar-refractivity contribution in [3.63, 3.8) is 0 Å². The van der Waals surface area contributed by atoms with Gasteiger partial charge in [-0.1, -0.05) is 30.3 Å². The summed E-state index contributed by atoms with van der Waals surface area (Å²) in [6.07, 6.45) is 1.69. The Balaban J connectivity index is 1.67. The minimum atomic E-state index is 0.211. The van der Waals surface area contributed by atoms with Gasteiger partial charge in [-0.3, -0.25) is 0 Å². The smallest absolute Gasteiger partial charge is 0.117 e. The van der Waals surface area contributed by atoms with Gasteiger partial charge in [0, 0.05) is 10.9 Å². The number of aromatic nitrogens is 1. The van der Waals surface area contributed by atoms with Gasteiger partial charge in [0.1, 0.15) is 10.8 Å². The van der Waals surface area contributed by atoms with Crippen LogP contribution in [-0.2, 0) is 6.54 Å². The van der Waals surface area contributed by atoms with Crippen molar-refractivity contribution in [3.05, 3.63) is 64.9 Å². The Hall–Kier alpha value is -1.91. The minimum Gasteiger partial charge on any atom is -0.468 e. The molecule has 1 unspecified atom stereocenters. The third-order valence-electron chi connectivity index (χ3n) is 3.12. The van der Waals surface area contributed by atoms with Gasteiger partial charge in [0.25, 0.3) is 0 Å². The highest BCUT2D eigenvalue weighted by atomic mass is 32.1. The molecule has 3 aromatic rings. The zero-order chi connectivity index (χ0) is 13.8. The summed E-state index contributed by atoms with van der Waals surface area (Å²) in [6.45, 7) is 2.84. The topological polar surface area (TPSA) is 38.1 Å². The highest BCUT2D eigenvalue weighted by molar-refractivity contribution is 7.10. The normalized spacial score (nSPS) is 12.4. The Morgan fingerprint density at radius 1 is 1.20 bits per heavy atom. The number of hydrogen-bond acceptors (Lipinski definition) is 4. The molecule has 4 heteroatoms. The quantitative estimate of drug-likeness (QED) is 0.761. The van der Waals surface area contributed by atoms with Crippen LogP contribution >= 0.6 is 11.3 Å². The van der Waals surface area contributed by atoms with Crippen molar-refractivity contribution in [1.82, 2.24) is 10.3 Å². The fourth-order valence-corrected chi connectivity index (χ4v) is 2.84. The lowest BCUT2D eigenvalue weighted by atomic mass is 10.2. The molecule has 0 amide bonds. The summed E-state index contributed by atoms with van der Waals surface area (Å²) >= 11 is 1.69. The molecule has 0 bridgehead atoms. The number of benzene rings is 1. The van der Waals surface area contributed by atoms with E-state index >= 15 is 0 Å². The lowest BCUT2D eigenvalue weighted by Gasteiger charge is -2.09. The molecule has 0 saturated carbocycles. The summed E-state index contributed by atoms with van der Waals surface area (Å²) in [5, 5.41) is 6.62. The summed E-state index contributed by atoms with van der Waals surface area (Å²) in [7, 11) is 0. The van der Waals surface area contributed by atoms with Crippen LogP contribution in [0.5, 0.6) is 0 Å². The Bertz CT molecular complexity index is 646. The van der Waals surface area contributed by atoms with Gasteiger partial charge in [-0.15, -0.1) is 11.3 Å². The molecular weight excluding hydrogens is 268 g/mol.